The maximum absolute atomic E-state index is 12.1. The van der Waals surface area contributed by atoms with Gasteiger partial charge in [-0.1, -0.05) is 18.2 Å². The Bertz CT molecular complexity index is 526. The van der Waals surface area contributed by atoms with Gasteiger partial charge in [-0.2, -0.15) is 0 Å². The van der Waals surface area contributed by atoms with E-state index < -0.39 is 23.8 Å². The van der Waals surface area contributed by atoms with E-state index in [0.717, 1.165) is 4.90 Å². The first-order valence-electron chi connectivity index (χ1n) is 6.15. The number of carbonyl (C=O) groups excluding carboxylic acids is 3. The predicted octanol–water partition coefficient (Wildman–Crippen LogP) is 1.60. The summed E-state index contributed by atoms with van der Waals surface area (Å²) in [5.41, 5.74) is -0.721. The molecule has 1 aromatic rings. The van der Waals surface area contributed by atoms with Crippen molar-refractivity contribution in [2.24, 2.45) is 0 Å². The van der Waals surface area contributed by atoms with Crippen molar-refractivity contribution in [3.8, 4) is 0 Å². The van der Waals surface area contributed by atoms with Crippen LogP contribution >= 0.6 is 0 Å². The zero-order chi connectivity index (χ0) is 14.8. The topological polar surface area (TPSA) is 72.9 Å². The Morgan fingerprint density at radius 2 is 2.00 bits per heavy atom. The van der Waals surface area contributed by atoms with E-state index in [1.165, 1.54) is 0 Å². The highest BCUT2D eigenvalue weighted by Crippen LogP contribution is 2.27. The summed E-state index contributed by atoms with van der Waals surface area (Å²) in [6.45, 7) is 3.35. The van der Waals surface area contributed by atoms with Crippen LogP contribution in [0, 0.1) is 0 Å². The Hall–Kier alpha value is -2.21. The lowest BCUT2D eigenvalue weighted by Gasteiger charge is -2.30. The van der Waals surface area contributed by atoms with Gasteiger partial charge in [-0.25, -0.2) is 9.59 Å². The van der Waals surface area contributed by atoms with Crippen LogP contribution in [0.5, 0.6) is 0 Å². The van der Waals surface area contributed by atoms with Crippen LogP contribution in [0.4, 0.5) is 4.79 Å². The van der Waals surface area contributed by atoms with E-state index >= 15 is 0 Å². The lowest BCUT2D eigenvalue weighted by atomic mass is 10.2. The van der Waals surface area contributed by atoms with Gasteiger partial charge in [-0.15, -0.1) is 0 Å². The molecule has 1 amide bonds. The average molecular weight is 277 g/mol. The number of carbonyl (C=O) groups is 3. The maximum Gasteiger partial charge on any atom is 0.420 e. The first kappa shape index (κ1) is 14.2. The molecule has 1 atom stereocenters. The van der Waals surface area contributed by atoms with E-state index in [1.807, 2.05) is 0 Å². The molecule has 0 saturated carbocycles. The Balaban J connectivity index is 2.11. The van der Waals surface area contributed by atoms with Crippen molar-refractivity contribution in [1.29, 1.82) is 0 Å². The molecule has 0 unspecified atom stereocenters. The molecular weight excluding hydrogens is 262 g/mol. The van der Waals surface area contributed by atoms with Gasteiger partial charge in [0, 0.05) is 0 Å². The first-order chi connectivity index (χ1) is 9.45. The summed E-state index contributed by atoms with van der Waals surface area (Å²) in [7, 11) is 0. The third kappa shape index (κ3) is 2.70. The Kier molecular flexibility index (Phi) is 3.85. The molecular formula is C14H15NO5. The molecule has 0 aromatic heterocycles. The molecule has 0 bridgehead atoms. The third-order valence-corrected chi connectivity index (χ3v) is 3.06. The number of nitrogens with zero attached hydrogens (tertiary/aromatic N) is 1. The fraction of sp³-hybridized carbons (Fsp3) is 0.357. The summed E-state index contributed by atoms with van der Waals surface area (Å²) in [5.74, 6) is -0.761. The minimum Gasteiger partial charge on any atom is -0.372 e. The second kappa shape index (κ2) is 5.42. The van der Waals surface area contributed by atoms with Gasteiger partial charge in [-0.3, -0.25) is 4.90 Å². The summed E-state index contributed by atoms with van der Waals surface area (Å²) in [6, 6.07) is 7.41. The average Bonchev–Trinajstić information content (AvgIpc) is 2.74. The van der Waals surface area contributed by atoms with Crippen LogP contribution in [-0.4, -0.2) is 41.6 Å². The highest BCUT2D eigenvalue weighted by atomic mass is 16.6. The van der Waals surface area contributed by atoms with Crippen LogP contribution < -0.4 is 0 Å². The fourth-order valence-corrected chi connectivity index (χ4v) is 2.05. The molecule has 6 nitrogen and oxygen atoms in total. The number of hydrogen-bond donors (Lipinski definition) is 0. The molecule has 1 saturated heterocycles. The highest BCUT2D eigenvalue weighted by Gasteiger charge is 2.45. The van der Waals surface area contributed by atoms with E-state index in [1.54, 1.807) is 44.2 Å². The predicted molar refractivity (Wildman–Crippen MR) is 69.0 cm³/mol. The first-order valence-corrected chi connectivity index (χ1v) is 6.15. The second-order valence-electron chi connectivity index (χ2n) is 4.85. The van der Waals surface area contributed by atoms with Gasteiger partial charge in [0.15, 0.2) is 0 Å². The maximum atomic E-state index is 12.1. The van der Waals surface area contributed by atoms with E-state index in [2.05, 4.69) is 0 Å². The van der Waals surface area contributed by atoms with Crippen molar-refractivity contribution >= 4 is 18.3 Å². The lowest BCUT2D eigenvalue weighted by molar-refractivity contribution is -0.112. The van der Waals surface area contributed by atoms with Crippen LogP contribution in [0.3, 0.4) is 0 Å². The van der Waals surface area contributed by atoms with Gasteiger partial charge in [0.05, 0.1) is 12.2 Å². The van der Waals surface area contributed by atoms with E-state index in [-0.39, 0.29) is 12.2 Å². The molecule has 106 valence electrons. The van der Waals surface area contributed by atoms with E-state index in [0.29, 0.717) is 6.29 Å². The van der Waals surface area contributed by atoms with Crippen molar-refractivity contribution < 1.29 is 23.9 Å². The Morgan fingerprint density at radius 3 is 2.60 bits per heavy atom. The quantitative estimate of drug-likeness (QED) is 0.466. The number of aldehydes is 1. The van der Waals surface area contributed by atoms with Gasteiger partial charge in [-0.05, 0) is 26.0 Å². The van der Waals surface area contributed by atoms with Crippen molar-refractivity contribution in [3.63, 3.8) is 0 Å². The smallest absolute Gasteiger partial charge is 0.372 e. The molecule has 1 fully saturated rings. The van der Waals surface area contributed by atoms with Gasteiger partial charge < -0.3 is 14.3 Å². The summed E-state index contributed by atoms with van der Waals surface area (Å²) in [4.78, 5) is 36.0. The normalized spacial score (nSPS) is 20.5. The van der Waals surface area contributed by atoms with Crippen LogP contribution in [0.15, 0.2) is 30.3 Å². The molecule has 1 aliphatic rings. The molecule has 2 rings (SSSR count). The Morgan fingerprint density at radius 1 is 1.35 bits per heavy atom. The van der Waals surface area contributed by atoms with E-state index in [4.69, 9.17) is 9.47 Å². The van der Waals surface area contributed by atoms with Crippen molar-refractivity contribution in [2.75, 3.05) is 6.61 Å². The monoisotopic (exact) mass is 277 g/mol. The molecule has 0 radical (unpaired) electrons. The van der Waals surface area contributed by atoms with Crippen LogP contribution in [0.25, 0.3) is 0 Å². The SMILES string of the molecule is CC1(C)OC[C@H](C=O)N1C(=O)OC(=O)c1ccccc1. The van der Waals surface area contributed by atoms with Gasteiger partial charge in [0.2, 0.25) is 0 Å². The number of ether oxygens (including phenoxy) is 2. The number of benzene rings is 1. The standard InChI is InChI=1S/C14H15NO5/c1-14(2)15(11(8-16)9-19-14)13(18)20-12(17)10-6-4-3-5-7-10/h3-8,11H,9H2,1-2H3/t11-/m0/s1. The third-order valence-electron chi connectivity index (χ3n) is 3.06. The number of esters is 1. The lowest BCUT2D eigenvalue weighted by Crippen LogP contribution is -2.49. The van der Waals surface area contributed by atoms with Gasteiger partial charge in [0.25, 0.3) is 0 Å². The molecule has 0 N–H and O–H groups in total. The van der Waals surface area contributed by atoms with Crippen molar-refractivity contribution in [2.45, 2.75) is 25.6 Å². The van der Waals surface area contributed by atoms with Gasteiger partial charge >= 0.3 is 12.1 Å². The Labute approximate surface area is 116 Å². The minimum absolute atomic E-state index is 0.0884. The van der Waals surface area contributed by atoms with Crippen LogP contribution in [-0.2, 0) is 14.3 Å². The number of amides is 1. The summed E-state index contributed by atoms with van der Waals surface area (Å²) >= 11 is 0. The molecule has 0 spiro atoms. The van der Waals surface area contributed by atoms with E-state index in [9.17, 15) is 14.4 Å². The molecule has 1 aromatic carbocycles. The van der Waals surface area contributed by atoms with Crippen LogP contribution in [0.2, 0.25) is 0 Å². The number of hydrogen-bond acceptors (Lipinski definition) is 5. The van der Waals surface area contributed by atoms with Gasteiger partial charge in [0.1, 0.15) is 18.1 Å². The highest BCUT2D eigenvalue weighted by molar-refractivity contribution is 5.96. The molecule has 1 aliphatic heterocycles. The number of rotatable bonds is 2. The van der Waals surface area contributed by atoms with Crippen LogP contribution in [0.1, 0.15) is 24.2 Å². The van der Waals surface area contributed by atoms with Crippen molar-refractivity contribution in [1.82, 2.24) is 4.90 Å². The summed E-state index contributed by atoms with van der Waals surface area (Å²) in [5, 5.41) is 0. The zero-order valence-corrected chi connectivity index (χ0v) is 11.2. The molecule has 6 heteroatoms. The zero-order valence-electron chi connectivity index (χ0n) is 11.2. The largest absolute Gasteiger partial charge is 0.420 e. The minimum atomic E-state index is -0.986. The van der Waals surface area contributed by atoms with Crippen molar-refractivity contribution in [3.05, 3.63) is 35.9 Å². The molecule has 0 aliphatic carbocycles. The summed E-state index contributed by atoms with van der Waals surface area (Å²) < 4.78 is 10.1. The summed E-state index contributed by atoms with van der Waals surface area (Å²) in [6.07, 6.45) is -0.290. The molecule has 1 heterocycles. The molecule has 20 heavy (non-hydrogen) atoms. The fourth-order valence-electron chi connectivity index (χ4n) is 2.05. The second-order valence-corrected chi connectivity index (χ2v) is 4.85.